The van der Waals surface area contributed by atoms with Gasteiger partial charge in [-0.15, -0.1) is 0 Å². The highest BCUT2D eigenvalue weighted by atomic mass is 16.5. The van der Waals surface area contributed by atoms with E-state index < -0.39 is 11.6 Å². The normalized spacial score (nSPS) is 18.3. The van der Waals surface area contributed by atoms with Gasteiger partial charge in [0.2, 0.25) is 0 Å². The Bertz CT molecular complexity index is 806. The number of nitrogens with zero attached hydrogens (tertiary/aromatic N) is 1. The van der Waals surface area contributed by atoms with Crippen LogP contribution in [0.5, 0.6) is 0 Å². The summed E-state index contributed by atoms with van der Waals surface area (Å²) in [4.78, 5) is 25.9. The smallest absolute Gasteiger partial charge is 0.408 e. The summed E-state index contributed by atoms with van der Waals surface area (Å²) in [6, 6.07) is 3.69. The first kappa shape index (κ1) is 23.9. The maximum absolute atomic E-state index is 12.2. The SMILES string of the molecule is CCCC(=O)CCCC1(CC(C)C)c2ccc(C(=N)NO)c(C)c2CCN1C(=O)O. The molecule has 1 aromatic rings. The van der Waals surface area contributed by atoms with Crippen molar-refractivity contribution in [3.63, 3.8) is 0 Å². The van der Waals surface area contributed by atoms with Crippen molar-refractivity contribution in [2.75, 3.05) is 6.54 Å². The van der Waals surface area contributed by atoms with Gasteiger partial charge in [-0.25, -0.2) is 4.79 Å². The molecular formula is C23H35N3O4. The monoisotopic (exact) mass is 417 g/mol. The maximum atomic E-state index is 12.2. The number of amides is 1. The second kappa shape index (κ2) is 10.1. The molecule has 1 unspecified atom stereocenters. The van der Waals surface area contributed by atoms with Crippen molar-refractivity contribution in [2.45, 2.75) is 78.2 Å². The van der Waals surface area contributed by atoms with Gasteiger partial charge in [0.05, 0.1) is 5.54 Å². The molecule has 0 aromatic heterocycles. The molecule has 0 bridgehead atoms. The molecule has 7 heteroatoms. The number of ketones is 1. The lowest BCUT2D eigenvalue weighted by atomic mass is 9.71. The molecule has 1 aliphatic rings. The Balaban J connectivity index is 2.55. The van der Waals surface area contributed by atoms with Gasteiger partial charge in [-0.3, -0.25) is 25.8 Å². The van der Waals surface area contributed by atoms with E-state index in [2.05, 4.69) is 13.8 Å². The topological polar surface area (TPSA) is 114 Å². The van der Waals surface area contributed by atoms with Gasteiger partial charge in [0, 0.05) is 24.9 Å². The Hall–Kier alpha value is -2.41. The molecule has 1 aliphatic heterocycles. The number of fused-ring (bicyclic) bond motifs is 1. The van der Waals surface area contributed by atoms with Crippen molar-refractivity contribution < 1.29 is 19.9 Å². The van der Waals surface area contributed by atoms with E-state index in [1.807, 2.05) is 25.4 Å². The average molecular weight is 418 g/mol. The lowest BCUT2D eigenvalue weighted by Crippen LogP contribution is -2.54. The molecule has 0 aliphatic carbocycles. The molecule has 0 radical (unpaired) electrons. The first-order valence-corrected chi connectivity index (χ1v) is 10.8. The molecule has 30 heavy (non-hydrogen) atoms. The van der Waals surface area contributed by atoms with Gasteiger partial charge in [-0.05, 0) is 61.6 Å². The summed E-state index contributed by atoms with van der Waals surface area (Å²) in [5.74, 6) is 0.418. The highest BCUT2D eigenvalue weighted by Crippen LogP contribution is 2.45. The molecule has 0 saturated carbocycles. The Morgan fingerprint density at radius 1 is 1.30 bits per heavy atom. The van der Waals surface area contributed by atoms with Crippen LogP contribution in [0.15, 0.2) is 12.1 Å². The van der Waals surface area contributed by atoms with Gasteiger partial charge in [-0.1, -0.05) is 32.9 Å². The number of benzene rings is 1. The molecule has 2 rings (SSSR count). The number of hydrogen-bond acceptors (Lipinski definition) is 4. The van der Waals surface area contributed by atoms with E-state index in [1.54, 1.807) is 11.0 Å². The van der Waals surface area contributed by atoms with E-state index in [1.165, 1.54) is 0 Å². The Kier molecular flexibility index (Phi) is 8.01. The van der Waals surface area contributed by atoms with Crippen LogP contribution < -0.4 is 5.48 Å². The third-order valence-corrected chi connectivity index (χ3v) is 6.13. The van der Waals surface area contributed by atoms with Gasteiger partial charge in [0.25, 0.3) is 0 Å². The Labute approximate surface area is 178 Å². The van der Waals surface area contributed by atoms with Crippen molar-refractivity contribution >= 4 is 17.7 Å². The minimum Gasteiger partial charge on any atom is -0.465 e. The standard InChI is InChI=1S/C23H35N3O4/c1-5-7-17(27)8-6-12-23(14-15(2)3)20-10-9-19(21(24)25-30)16(4)18(20)11-13-26(23)22(28)29/h9-10,15,30H,5-8,11-14H2,1-4H3,(H2,24,25)(H,28,29). The summed E-state index contributed by atoms with van der Waals surface area (Å²) in [5, 5.41) is 27.2. The first-order chi connectivity index (χ1) is 14.2. The summed E-state index contributed by atoms with van der Waals surface area (Å²) in [5.41, 5.74) is 4.73. The second-order valence-corrected chi connectivity index (χ2v) is 8.71. The number of carboxylic acid groups (broad SMARTS) is 1. The van der Waals surface area contributed by atoms with E-state index in [-0.39, 0.29) is 17.5 Å². The van der Waals surface area contributed by atoms with Crippen LogP contribution >= 0.6 is 0 Å². The van der Waals surface area contributed by atoms with Crippen LogP contribution in [0, 0.1) is 18.3 Å². The van der Waals surface area contributed by atoms with Crippen LogP contribution in [0.3, 0.4) is 0 Å². The van der Waals surface area contributed by atoms with Crippen molar-refractivity contribution in [1.82, 2.24) is 10.4 Å². The van der Waals surface area contributed by atoms with Crippen molar-refractivity contribution in [3.8, 4) is 0 Å². The molecule has 4 N–H and O–H groups in total. The fraction of sp³-hybridized carbons (Fsp3) is 0.609. The second-order valence-electron chi connectivity index (χ2n) is 8.71. The van der Waals surface area contributed by atoms with E-state index >= 15 is 0 Å². The molecule has 166 valence electrons. The minimum absolute atomic E-state index is 0.0735. The molecule has 0 fully saturated rings. The molecule has 0 saturated heterocycles. The Morgan fingerprint density at radius 3 is 2.57 bits per heavy atom. The largest absolute Gasteiger partial charge is 0.465 e. The van der Waals surface area contributed by atoms with Crippen molar-refractivity contribution in [3.05, 3.63) is 34.4 Å². The number of carbonyl (C=O) groups is 2. The van der Waals surface area contributed by atoms with Gasteiger partial charge in [0.1, 0.15) is 11.6 Å². The zero-order chi connectivity index (χ0) is 22.5. The highest BCUT2D eigenvalue weighted by Gasteiger charge is 2.45. The number of rotatable bonds is 9. The summed E-state index contributed by atoms with van der Waals surface area (Å²) in [7, 11) is 0. The number of hydrogen-bond donors (Lipinski definition) is 4. The number of carbonyl (C=O) groups excluding carboxylic acids is 1. The van der Waals surface area contributed by atoms with Gasteiger partial charge in [-0.2, -0.15) is 0 Å². The van der Waals surface area contributed by atoms with Gasteiger partial charge in [0.15, 0.2) is 0 Å². The predicted molar refractivity (Wildman–Crippen MR) is 116 cm³/mol. The molecule has 1 aromatic carbocycles. The summed E-state index contributed by atoms with van der Waals surface area (Å²) in [6.07, 6.45) is 3.39. The summed E-state index contributed by atoms with van der Waals surface area (Å²) >= 11 is 0. The lowest BCUT2D eigenvalue weighted by Gasteiger charge is -2.49. The van der Waals surface area contributed by atoms with Crippen LogP contribution in [0.2, 0.25) is 0 Å². The molecular weight excluding hydrogens is 382 g/mol. The van der Waals surface area contributed by atoms with Gasteiger partial charge >= 0.3 is 6.09 Å². The molecule has 1 heterocycles. The molecule has 1 amide bonds. The number of hydroxylamine groups is 1. The highest BCUT2D eigenvalue weighted by molar-refractivity contribution is 5.97. The van der Waals surface area contributed by atoms with Crippen molar-refractivity contribution in [2.24, 2.45) is 5.92 Å². The Morgan fingerprint density at radius 2 is 2.00 bits per heavy atom. The van der Waals surface area contributed by atoms with E-state index in [0.717, 1.165) is 23.1 Å². The zero-order valence-corrected chi connectivity index (χ0v) is 18.5. The van der Waals surface area contributed by atoms with E-state index in [9.17, 15) is 19.9 Å². The minimum atomic E-state index is -0.937. The third kappa shape index (κ3) is 4.83. The van der Waals surface area contributed by atoms with E-state index in [0.29, 0.717) is 50.6 Å². The lowest BCUT2D eigenvalue weighted by molar-refractivity contribution is -0.119. The fourth-order valence-corrected chi connectivity index (χ4v) is 4.96. The molecule has 7 nitrogen and oxygen atoms in total. The van der Waals surface area contributed by atoms with Crippen LogP contribution in [-0.4, -0.2) is 39.5 Å². The van der Waals surface area contributed by atoms with E-state index in [4.69, 9.17) is 5.41 Å². The average Bonchev–Trinajstić information content (AvgIpc) is 2.67. The molecule has 1 atom stereocenters. The first-order valence-electron chi connectivity index (χ1n) is 10.8. The number of amidine groups is 1. The predicted octanol–water partition coefficient (Wildman–Crippen LogP) is 4.62. The van der Waals surface area contributed by atoms with Crippen molar-refractivity contribution in [1.29, 1.82) is 5.41 Å². The summed E-state index contributed by atoms with van der Waals surface area (Å²) in [6.45, 7) is 8.46. The number of Topliss-reactive ketones (excluding diaryl/α,β-unsaturated/α-hetero) is 1. The van der Waals surface area contributed by atoms with Crippen LogP contribution in [0.4, 0.5) is 4.79 Å². The van der Waals surface area contributed by atoms with Crippen LogP contribution in [0.1, 0.15) is 81.5 Å². The zero-order valence-electron chi connectivity index (χ0n) is 18.5. The summed E-state index contributed by atoms with van der Waals surface area (Å²) < 4.78 is 0. The fourth-order valence-electron chi connectivity index (χ4n) is 4.96. The van der Waals surface area contributed by atoms with Gasteiger partial charge < -0.3 is 5.11 Å². The van der Waals surface area contributed by atoms with Crippen LogP contribution in [0.25, 0.3) is 0 Å². The molecule has 0 spiro atoms. The third-order valence-electron chi connectivity index (χ3n) is 6.13. The maximum Gasteiger partial charge on any atom is 0.408 e. The van der Waals surface area contributed by atoms with Crippen LogP contribution in [-0.2, 0) is 16.8 Å². The quantitative estimate of drug-likeness (QED) is 0.266. The number of nitrogens with one attached hydrogen (secondary N) is 2.